The molecule has 0 N–H and O–H groups in total. The van der Waals surface area contributed by atoms with Crippen molar-refractivity contribution in [3.63, 3.8) is 0 Å². The van der Waals surface area contributed by atoms with Crippen LogP contribution in [0.15, 0.2) is 30.7 Å². The second-order valence-electron chi connectivity index (χ2n) is 6.38. The van der Waals surface area contributed by atoms with E-state index >= 15 is 0 Å². The van der Waals surface area contributed by atoms with Crippen molar-refractivity contribution in [2.75, 3.05) is 33.8 Å². The zero-order chi connectivity index (χ0) is 17.8. The van der Waals surface area contributed by atoms with Crippen LogP contribution >= 0.6 is 0 Å². The molecule has 0 bridgehead atoms. The van der Waals surface area contributed by atoms with Gasteiger partial charge >= 0.3 is 0 Å². The first-order valence-electron chi connectivity index (χ1n) is 8.46. The largest absolute Gasteiger partial charge is 0.492 e. The molecule has 3 heterocycles. The Kier molecular flexibility index (Phi) is 5.28. The molecule has 1 fully saturated rings. The van der Waals surface area contributed by atoms with E-state index in [1.54, 1.807) is 12.4 Å². The van der Waals surface area contributed by atoms with Gasteiger partial charge in [0.1, 0.15) is 5.75 Å². The molecule has 0 aromatic carbocycles. The number of hydrogen-bond acceptors (Lipinski definition) is 6. The molecule has 1 aliphatic rings. The third-order valence-electron chi connectivity index (χ3n) is 4.50. The van der Waals surface area contributed by atoms with Crippen molar-refractivity contribution in [2.45, 2.75) is 25.4 Å². The monoisotopic (exact) mass is 344 g/mol. The van der Waals surface area contributed by atoms with Crippen LogP contribution in [0.25, 0.3) is 0 Å². The zero-order valence-electron chi connectivity index (χ0n) is 14.9. The minimum atomic E-state index is 0.0751. The number of carbonyl (C=O) groups excluding carboxylic acids is 1. The molecule has 8 nitrogen and oxygen atoms in total. The van der Waals surface area contributed by atoms with Crippen molar-refractivity contribution in [3.05, 3.63) is 36.4 Å². The predicted molar refractivity (Wildman–Crippen MR) is 92.2 cm³/mol. The summed E-state index contributed by atoms with van der Waals surface area (Å²) in [6.07, 6.45) is 5.47. The maximum atomic E-state index is 12.7. The fourth-order valence-electron chi connectivity index (χ4n) is 3.17. The molecule has 1 aliphatic heterocycles. The number of pyridine rings is 1. The number of hydrogen-bond donors (Lipinski definition) is 0. The van der Waals surface area contributed by atoms with Crippen LogP contribution in [0.2, 0.25) is 0 Å². The number of nitrogens with zero attached hydrogens (tertiary/aromatic N) is 6. The van der Waals surface area contributed by atoms with E-state index in [-0.39, 0.29) is 24.4 Å². The van der Waals surface area contributed by atoms with E-state index in [9.17, 15) is 4.79 Å². The number of ether oxygens (including phenoxy) is 1. The predicted octanol–water partition coefficient (Wildman–Crippen LogP) is 0.628. The summed E-state index contributed by atoms with van der Waals surface area (Å²) in [6.45, 7) is 3.83. The van der Waals surface area contributed by atoms with Crippen LogP contribution < -0.4 is 4.74 Å². The highest BCUT2D eigenvalue weighted by Gasteiger charge is 2.38. The number of aromatic nitrogens is 4. The van der Waals surface area contributed by atoms with Gasteiger partial charge in [0.25, 0.3) is 0 Å². The lowest BCUT2D eigenvalue weighted by Gasteiger charge is -2.24. The highest BCUT2D eigenvalue weighted by atomic mass is 16.5. The maximum absolute atomic E-state index is 12.7. The van der Waals surface area contributed by atoms with Crippen LogP contribution in [-0.2, 0) is 11.2 Å². The van der Waals surface area contributed by atoms with Gasteiger partial charge in [0.05, 0.1) is 37.5 Å². The van der Waals surface area contributed by atoms with Gasteiger partial charge in [-0.05, 0) is 33.2 Å². The molecule has 0 saturated carbocycles. The summed E-state index contributed by atoms with van der Waals surface area (Å²) < 4.78 is 7.22. The van der Waals surface area contributed by atoms with Crippen LogP contribution in [0.3, 0.4) is 0 Å². The highest BCUT2D eigenvalue weighted by Crippen LogP contribution is 2.25. The molecule has 2 aromatic heterocycles. The summed E-state index contributed by atoms with van der Waals surface area (Å²) in [5, 5.41) is 8.00. The Hall–Kier alpha value is -2.48. The molecule has 2 aromatic rings. The Bertz CT molecular complexity index is 686. The first kappa shape index (κ1) is 17.3. The third-order valence-corrected chi connectivity index (χ3v) is 4.50. The Labute approximate surface area is 147 Å². The zero-order valence-corrected chi connectivity index (χ0v) is 14.9. The van der Waals surface area contributed by atoms with Crippen LogP contribution in [0.1, 0.15) is 18.7 Å². The summed E-state index contributed by atoms with van der Waals surface area (Å²) in [4.78, 5) is 21.0. The summed E-state index contributed by atoms with van der Waals surface area (Å²) in [6, 6.07) is 4.01. The fourth-order valence-corrected chi connectivity index (χ4v) is 3.17. The summed E-state index contributed by atoms with van der Waals surface area (Å²) >= 11 is 0. The number of likely N-dealkylation sites (tertiary alicyclic amines) is 1. The second-order valence-corrected chi connectivity index (χ2v) is 6.38. The Morgan fingerprint density at radius 3 is 2.80 bits per heavy atom. The van der Waals surface area contributed by atoms with Gasteiger partial charge in [-0.25, -0.2) is 4.68 Å². The number of carbonyl (C=O) groups is 1. The Morgan fingerprint density at radius 2 is 2.20 bits per heavy atom. The van der Waals surface area contributed by atoms with Crippen LogP contribution in [0, 0.1) is 0 Å². The lowest BCUT2D eigenvalue weighted by atomic mass is 10.1. The van der Waals surface area contributed by atoms with Crippen molar-refractivity contribution in [3.8, 4) is 5.75 Å². The van der Waals surface area contributed by atoms with Crippen molar-refractivity contribution < 1.29 is 9.53 Å². The van der Waals surface area contributed by atoms with Crippen molar-refractivity contribution >= 4 is 5.91 Å². The summed E-state index contributed by atoms with van der Waals surface area (Å²) in [5.41, 5.74) is 0.749. The van der Waals surface area contributed by atoms with Gasteiger partial charge in [0.15, 0.2) is 0 Å². The SMILES string of the molecule is CCOc1ccc(CC(=O)N2C[C@@H](N(C)C)[C@@H](n3ccnn3)C2)nc1. The lowest BCUT2D eigenvalue weighted by Crippen LogP contribution is -2.37. The van der Waals surface area contributed by atoms with Gasteiger partial charge < -0.3 is 14.5 Å². The van der Waals surface area contributed by atoms with E-state index < -0.39 is 0 Å². The van der Waals surface area contributed by atoms with Crippen LogP contribution in [-0.4, -0.2) is 75.5 Å². The average Bonchev–Trinajstić information content (AvgIpc) is 3.26. The third kappa shape index (κ3) is 3.96. The summed E-state index contributed by atoms with van der Waals surface area (Å²) in [7, 11) is 4.05. The topological polar surface area (TPSA) is 76.4 Å². The molecule has 3 rings (SSSR count). The lowest BCUT2D eigenvalue weighted by molar-refractivity contribution is -0.129. The first-order valence-corrected chi connectivity index (χ1v) is 8.46. The number of likely N-dealkylation sites (N-methyl/N-ethyl adjacent to an activating group) is 1. The standard InChI is InChI=1S/C17H24N6O2/c1-4-25-14-6-5-13(18-10-14)9-17(24)22-11-15(21(2)3)16(12-22)23-8-7-19-20-23/h5-8,10,15-16H,4,9,11-12H2,1-3H3/t15-,16+/m1/s1. The van der Waals surface area contributed by atoms with Crippen LogP contribution in [0.5, 0.6) is 5.75 Å². The molecule has 1 amide bonds. The second kappa shape index (κ2) is 7.60. The van der Waals surface area contributed by atoms with Crippen LogP contribution in [0.4, 0.5) is 0 Å². The molecular weight excluding hydrogens is 320 g/mol. The molecule has 0 unspecified atom stereocenters. The molecular formula is C17H24N6O2. The van der Waals surface area contributed by atoms with E-state index in [4.69, 9.17) is 4.74 Å². The van der Waals surface area contributed by atoms with E-state index in [0.29, 0.717) is 19.7 Å². The van der Waals surface area contributed by atoms with Gasteiger partial charge in [-0.2, -0.15) is 0 Å². The Balaban J connectivity index is 1.66. The molecule has 0 spiro atoms. The average molecular weight is 344 g/mol. The minimum Gasteiger partial charge on any atom is -0.492 e. The minimum absolute atomic E-state index is 0.0751. The van der Waals surface area contributed by atoms with E-state index in [1.807, 2.05) is 48.9 Å². The van der Waals surface area contributed by atoms with E-state index in [0.717, 1.165) is 11.4 Å². The molecule has 0 aliphatic carbocycles. The smallest absolute Gasteiger partial charge is 0.228 e. The van der Waals surface area contributed by atoms with Gasteiger partial charge in [0.2, 0.25) is 5.91 Å². The molecule has 8 heteroatoms. The molecule has 134 valence electrons. The Morgan fingerprint density at radius 1 is 1.36 bits per heavy atom. The molecule has 25 heavy (non-hydrogen) atoms. The summed E-state index contributed by atoms with van der Waals surface area (Å²) in [5.74, 6) is 0.796. The highest BCUT2D eigenvalue weighted by molar-refractivity contribution is 5.78. The molecule has 1 saturated heterocycles. The maximum Gasteiger partial charge on any atom is 0.228 e. The van der Waals surface area contributed by atoms with Crippen molar-refractivity contribution in [1.29, 1.82) is 0 Å². The van der Waals surface area contributed by atoms with E-state index in [1.165, 1.54) is 0 Å². The number of rotatable bonds is 6. The fraction of sp³-hybridized carbons (Fsp3) is 0.529. The van der Waals surface area contributed by atoms with Crippen molar-refractivity contribution in [1.82, 2.24) is 29.8 Å². The molecule has 0 radical (unpaired) electrons. The van der Waals surface area contributed by atoms with Gasteiger partial charge in [-0.3, -0.25) is 9.78 Å². The van der Waals surface area contributed by atoms with Gasteiger partial charge in [0, 0.05) is 25.0 Å². The first-order chi connectivity index (χ1) is 12.1. The van der Waals surface area contributed by atoms with Gasteiger partial charge in [-0.15, -0.1) is 5.10 Å². The molecule has 2 atom stereocenters. The quantitative estimate of drug-likeness (QED) is 0.765. The number of amides is 1. The van der Waals surface area contributed by atoms with Gasteiger partial charge in [-0.1, -0.05) is 5.21 Å². The van der Waals surface area contributed by atoms with Crippen molar-refractivity contribution in [2.24, 2.45) is 0 Å². The van der Waals surface area contributed by atoms with E-state index in [2.05, 4.69) is 20.2 Å². The normalized spacial score (nSPS) is 20.2.